The van der Waals surface area contributed by atoms with Gasteiger partial charge in [0.1, 0.15) is 5.75 Å². The molecule has 2 aliphatic rings. The van der Waals surface area contributed by atoms with E-state index in [-0.39, 0.29) is 12.5 Å². The molecule has 0 aromatic heterocycles. The van der Waals surface area contributed by atoms with Crippen molar-refractivity contribution in [1.82, 2.24) is 4.90 Å². The van der Waals surface area contributed by atoms with Gasteiger partial charge in [0.15, 0.2) is 6.61 Å². The highest BCUT2D eigenvalue weighted by molar-refractivity contribution is 6.06. The minimum atomic E-state index is -0.468. The molecule has 1 heterocycles. The first-order valence-electron chi connectivity index (χ1n) is 10.2. The average Bonchev–Trinajstić information content (AvgIpc) is 2.76. The maximum atomic E-state index is 12.8. The van der Waals surface area contributed by atoms with Crippen LogP contribution < -0.4 is 4.74 Å². The number of carbonyl (C=O) groups is 2. The summed E-state index contributed by atoms with van der Waals surface area (Å²) in [4.78, 5) is 27.4. The molecule has 28 heavy (non-hydrogen) atoms. The number of likely N-dealkylation sites (tertiary alicyclic amines) is 1. The number of piperidine rings is 1. The van der Waals surface area contributed by atoms with E-state index in [0.29, 0.717) is 23.3 Å². The van der Waals surface area contributed by atoms with Gasteiger partial charge in [-0.05, 0) is 49.1 Å². The summed E-state index contributed by atoms with van der Waals surface area (Å²) in [7, 11) is 1.61. The second-order valence-electron chi connectivity index (χ2n) is 7.78. The third-order valence-corrected chi connectivity index (χ3v) is 6.21. The second kappa shape index (κ2) is 8.21. The van der Waals surface area contributed by atoms with Gasteiger partial charge in [-0.1, -0.05) is 37.1 Å². The van der Waals surface area contributed by atoms with Gasteiger partial charge in [0, 0.05) is 18.0 Å². The van der Waals surface area contributed by atoms with Gasteiger partial charge in [-0.3, -0.25) is 4.79 Å². The molecular weight excluding hydrogens is 354 g/mol. The minimum absolute atomic E-state index is 0.0669. The highest BCUT2D eigenvalue weighted by Crippen LogP contribution is 2.35. The second-order valence-corrected chi connectivity index (χ2v) is 7.78. The molecule has 1 saturated heterocycles. The van der Waals surface area contributed by atoms with E-state index in [1.165, 1.54) is 25.7 Å². The van der Waals surface area contributed by atoms with Crippen LogP contribution in [0.2, 0.25) is 0 Å². The smallest absolute Gasteiger partial charge is 0.339 e. The normalized spacial score (nSPS) is 21.8. The molecule has 148 valence electrons. The summed E-state index contributed by atoms with van der Waals surface area (Å²) in [6, 6.07) is 11.3. The number of nitrogens with zero attached hydrogens (tertiary/aromatic N) is 1. The van der Waals surface area contributed by atoms with Crippen molar-refractivity contribution in [2.45, 2.75) is 44.6 Å². The lowest BCUT2D eigenvalue weighted by atomic mass is 9.78. The maximum absolute atomic E-state index is 12.8. The van der Waals surface area contributed by atoms with E-state index in [1.807, 2.05) is 29.2 Å². The minimum Gasteiger partial charge on any atom is -0.496 e. The van der Waals surface area contributed by atoms with Crippen molar-refractivity contribution in [3.05, 3.63) is 42.0 Å². The van der Waals surface area contributed by atoms with Crippen molar-refractivity contribution in [3.8, 4) is 5.75 Å². The lowest BCUT2D eigenvalue weighted by molar-refractivity contribution is -0.140. The van der Waals surface area contributed by atoms with Crippen LogP contribution in [-0.4, -0.2) is 43.1 Å². The zero-order chi connectivity index (χ0) is 19.5. The number of rotatable bonds is 4. The van der Waals surface area contributed by atoms with Gasteiger partial charge in [0.2, 0.25) is 0 Å². The van der Waals surface area contributed by atoms with Gasteiger partial charge in [-0.25, -0.2) is 4.79 Å². The summed E-state index contributed by atoms with van der Waals surface area (Å²) in [5, 5.41) is 1.62. The van der Waals surface area contributed by atoms with Gasteiger partial charge >= 0.3 is 5.97 Å². The van der Waals surface area contributed by atoms with Crippen LogP contribution in [0.25, 0.3) is 10.8 Å². The van der Waals surface area contributed by atoms with Crippen LogP contribution in [0.1, 0.15) is 48.9 Å². The first-order valence-corrected chi connectivity index (χ1v) is 10.2. The zero-order valence-electron chi connectivity index (χ0n) is 16.4. The highest BCUT2D eigenvalue weighted by Gasteiger charge is 2.35. The van der Waals surface area contributed by atoms with Crippen LogP contribution in [0.3, 0.4) is 0 Å². The van der Waals surface area contributed by atoms with E-state index in [9.17, 15) is 9.59 Å². The number of fused-ring (bicyclic) bond motifs is 2. The van der Waals surface area contributed by atoms with Gasteiger partial charge < -0.3 is 14.4 Å². The first kappa shape index (κ1) is 18.8. The van der Waals surface area contributed by atoms with E-state index in [1.54, 1.807) is 19.2 Å². The molecule has 1 amide bonds. The molecule has 2 atom stereocenters. The Morgan fingerprint density at radius 2 is 1.75 bits per heavy atom. The Morgan fingerprint density at radius 3 is 2.57 bits per heavy atom. The summed E-state index contributed by atoms with van der Waals surface area (Å²) in [6.45, 7) is 0.589. The van der Waals surface area contributed by atoms with Crippen LogP contribution >= 0.6 is 0 Å². The third kappa shape index (κ3) is 3.58. The van der Waals surface area contributed by atoms with Crippen molar-refractivity contribution in [3.63, 3.8) is 0 Å². The number of hydrogen-bond donors (Lipinski definition) is 0. The van der Waals surface area contributed by atoms with Crippen LogP contribution in [0.4, 0.5) is 0 Å². The molecule has 5 heteroatoms. The van der Waals surface area contributed by atoms with Gasteiger partial charge in [-0.15, -0.1) is 0 Å². The van der Waals surface area contributed by atoms with E-state index < -0.39 is 5.97 Å². The molecule has 0 spiro atoms. The molecule has 1 aliphatic heterocycles. The molecule has 2 fully saturated rings. The number of benzene rings is 2. The molecule has 0 N–H and O–H groups in total. The maximum Gasteiger partial charge on any atom is 0.339 e. The number of methoxy groups -OCH3 is 1. The molecule has 2 aromatic carbocycles. The molecule has 1 saturated carbocycles. The Labute approximate surface area is 165 Å². The van der Waals surface area contributed by atoms with Crippen LogP contribution in [0.15, 0.2) is 36.4 Å². The summed E-state index contributed by atoms with van der Waals surface area (Å²) in [5.74, 6) is 0.791. The summed E-state index contributed by atoms with van der Waals surface area (Å²) < 4.78 is 10.8. The van der Waals surface area contributed by atoms with Crippen molar-refractivity contribution in [1.29, 1.82) is 0 Å². The molecule has 5 nitrogen and oxygen atoms in total. The van der Waals surface area contributed by atoms with Crippen LogP contribution in [-0.2, 0) is 9.53 Å². The standard InChI is InChI=1S/C23H27NO4/c1-27-21-13-12-19(17-9-3-4-10-18(17)21)23(26)28-15-22(25)24-14-6-8-16-7-2-5-11-20(16)24/h3-4,9-10,12-13,16,20H,2,5-8,11,14-15H2,1H3/t16-,20-/m1/s1. The molecule has 4 rings (SSSR count). The summed E-state index contributed by atoms with van der Waals surface area (Å²) in [5.41, 5.74) is 0.457. The Bertz CT molecular complexity index is 876. The predicted molar refractivity (Wildman–Crippen MR) is 107 cm³/mol. The number of hydrogen-bond acceptors (Lipinski definition) is 4. The van der Waals surface area contributed by atoms with E-state index in [4.69, 9.17) is 9.47 Å². The highest BCUT2D eigenvalue weighted by atomic mass is 16.5. The third-order valence-electron chi connectivity index (χ3n) is 6.21. The number of amides is 1. The monoisotopic (exact) mass is 381 g/mol. The molecule has 0 radical (unpaired) electrons. The lowest BCUT2D eigenvalue weighted by Gasteiger charge is -2.44. The largest absolute Gasteiger partial charge is 0.496 e. The quantitative estimate of drug-likeness (QED) is 0.746. The molecule has 0 bridgehead atoms. The predicted octanol–water partition coefficient (Wildman–Crippen LogP) is 4.19. The van der Waals surface area contributed by atoms with Crippen LogP contribution in [0.5, 0.6) is 5.75 Å². The fraction of sp³-hybridized carbons (Fsp3) is 0.478. The summed E-state index contributed by atoms with van der Waals surface area (Å²) >= 11 is 0. The van der Waals surface area contributed by atoms with Crippen molar-refractivity contribution < 1.29 is 19.1 Å². The zero-order valence-corrected chi connectivity index (χ0v) is 16.4. The SMILES string of the molecule is COc1ccc(C(=O)OCC(=O)N2CCC[C@H]3CCCC[C@H]32)c2ccccc12. The van der Waals surface area contributed by atoms with Crippen molar-refractivity contribution in [2.75, 3.05) is 20.3 Å². The van der Waals surface area contributed by atoms with Gasteiger partial charge in [0.05, 0.1) is 12.7 Å². The Morgan fingerprint density at radius 1 is 1.00 bits per heavy atom. The Hall–Kier alpha value is -2.56. The fourth-order valence-corrected chi connectivity index (χ4v) is 4.85. The lowest BCUT2D eigenvalue weighted by Crippen LogP contribution is -2.50. The first-order chi connectivity index (χ1) is 13.7. The summed E-state index contributed by atoms with van der Waals surface area (Å²) in [6.07, 6.45) is 7.00. The number of carbonyl (C=O) groups excluding carboxylic acids is 2. The molecule has 1 aliphatic carbocycles. The van der Waals surface area contributed by atoms with Crippen molar-refractivity contribution in [2.24, 2.45) is 5.92 Å². The average molecular weight is 381 g/mol. The molecule has 0 unspecified atom stereocenters. The number of ether oxygens (including phenoxy) is 2. The van der Waals surface area contributed by atoms with Crippen LogP contribution in [0, 0.1) is 5.92 Å². The molecule has 2 aromatic rings. The van der Waals surface area contributed by atoms with Gasteiger partial charge in [-0.2, -0.15) is 0 Å². The van der Waals surface area contributed by atoms with E-state index in [2.05, 4.69) is 0 Å². The molecular formula is C23H27NO4. The van der Waals surface area contributed by atoms with Crippen molar-refractivity contribution >= 4 is 22.6 Å². The Balaban J connectivity index is 1.46. The Kier molecular flexibility index (Phi) is 5.51. The number of esters is 1. The van der Waals surface area contributed by atoms with E-state index >= 15 is 0 Å². The van der Waals surface area contributed by atoms with Gasteiger partial charge in [0.25, 0.3) is 5.91 Å². The fourth-order valence-electron chi connectivity index (χ4n) is 4.85. The topological polar surface area (TPSA) is 55.8 Å². The van der Waals surface area contributed by atoms with E-state index in [0.717, 1.165) is 30.2 Å².